The molecule has 1 spiro atoms. The number of aryl methyl sites for hydroxylation is 1. The summed E-state index contributed by atoms with van der Waals surface area (Å²) in [7, 11) is 0. The first kappa shape index (κ1) is 20.3. The molecule has 1 amide bonds. The standard InChI is InChI=1S/C22H29FN2O4/c1-15-12-16(23)2-3-19(15)20(27)25-10-6-22(7-11-25)13-18(29-21(22)28)14-24-8-4-17(26)5-9-24/h2-3,12,17-18,26H,4-11,13-14H2,1H3. The molecule has 158 valence electrons. The van der Waals surface area contributed by atoms with Gasteiger partial charge in [0.25, 0.3) is 5.91 Å². The number of amides is 1. The van der Waals surface area contributed by atoms with Crippen LogP contribution in [0.3, 0.4) is 0 Å². The molecule has 1 aromatic rings. The Morgan fingerprint density at radius 1 is 1.24 bits per heavy atom. The van der Waals surface area contributed by atoms with E-state index in [4.69, 9.17) is 4.74 Å². The van der Waals surface area contributed by atoms with Crippen molar-refractivity contribution in [2.75, 3.05) is 32.7 Å². The van der Waals surface area contributed by atoms with Gasteiger partial charge >= 0.3 is 5.97 Å². The first-order valence-corrected chi connectivity index (χ1v) is 10.5. The molecule has 3 heterocycles. The van der Waals surface area contributed by atoms with Crippen molar-refractivity contribution in [3.05, 3.63) is 35.1 Å². The highest BCUT2D eigenvalue weighted by atomic mass is 19.1. The normalized spacial score (nSPS) is 25.4. The lowest BCUT2D eigenvalue weighted by Gasteiger charge is -2.37. The highest BCUT2D eigenvalue weighted by Gasteiger charge is 2.51. The average molecular weight is 404 g/mol. The van der Waals surface area contributed by atoms with Crippen LogP contribution in [0, 0.1) is 18.2 Å². The fourth-order valence-electron chi connectivity index (χ4n) is 4.91. The van der Waals surface area contributed by atoms with Crippen LogP contribution in [0.4, 0.5) is 4.39 Å². The predicted molar refractivity (Wildman–Crippen MR) is 105 cm³/mol. The Morgan fingerprint density at radius 3 is 2.59 bits per heavy atom. The Hall–Kier alpha value is -1.99. The Bertz CT molecular complexity index is 783. The molecule has 3 aliphatic heterocycles. The van der Waals surface area contributed by atoms with E-state index >= 15 is 0 Å². The summed E-state index contributed by atoms with van der Waals surface area (Å²) >= 11 is 0. The van der Waals surface area contributed by atoms with Crippen molar-refractivity contribution < 1.29 is 23.8 Å². The summed E-state index contributed by atoms with van der Waals surface area (Å²) in [6.07, 6.45) is 3.12. The van der Waals surface area contributed by atoms with Crippen LogP contribution in [-0.4, -0.2) is 71.7 Å². The van der Waals surface area contributed by atoms with Gasteiger partial charge in [0.05, 0.1) is 11.5 Å². The first-order valence-electron chi connectivity index (χ1n) is 10.5. The summed E-state index contributed by atoms with van der Waals surface area (Å²) in [5.41, 5.74) is 0.651. The smallest absolute Gasteiger partial charge is 0.312 e. The third kappa shape index (κ3) is 4.16. The Kier molecular flexibility index (Phi) is 5.62. The summed E-state index contributed by atoms with van der Waals surface area (Å²) in [5, 5.41) is 9.65. The summed E-state index contributed by atoms with van der Waals surface area (Å²) < 4.78 is 19.0. The zero-order valence-electron chi connectivity index (χ0n) is 16.9. The van der Waals surface area contributed by atoms with Gasteiger partial charge in [-0.2, -0.15) is 0 Å². The number of carbonyl (C=O) groups is 2. The Balaban J connectivity index is 1.34. The third-order valence-electron chi connectivity index (χ3n) is 6.77. The molecule has 4 rings (SSSR count). The summed E-state index contributed by atoms with van der Waals surface area (Å²) in [6, 6.07) is 4.22. The highest BCUT2D eigenvalue weighted by Crippen LogP contribution is 2.43. The maximum absolute atomic E-state index is 13.3. The van der Waals surface area contributed by atoms with Gasteiger partial charge in [-0.3, -0.25) is 14.5 Å². The van der Waals surface area contributed by atoms with E-state index in [1.165, 1.54) is 18.2 Å². The molecule has 3 aliphatic rings. The summed E-state index contributed by atoms with van der Waals surface area (Å²) in [6.45, 7) is 5.14. The van der Waals surface area contributed by atoms with Crippen LogP contribution in [0.1, 0.15) is 48.0 Å². The number of aliphatic hydroxyl groups is 1. The van der Waals surface area contributed by atoms with Crippen LogP contribution in [0.25, 0.3) is 0 Å². The number of ether oxygens (including phenoxy) is 1. The van der Waals surface area contributed by atoms with Crippen molar-refractivity contribution in [1.29, 1.82) is 0 Å². The topological polar surface area (TPSA) is 70.1 Å². The van der Waals surface area contributed by atoms with Gasteiger partial charge in [0.15, 0.2) is 0 Å². The van der Waals surface area contributed by atoms with Crippen molar-refractivity contribution in [2.24, 2.45) is 5.41 Å². The van der Waals surface area contributed by atoms with Gasteiger partial charge in [0, 0.05) is 44.7 Å². The number of rotatable bonds is 3. The number of esters is 1. The lowest BCUT2D eigenvalue weighted by atomic mass is 9.76. The lowest BCUT2D eigenvalue weighted by molar-refractivity contribution is -0.151. The van der Waals surface area contributed by atoms with E-state index in [1.54, 1.807) is 11.8 Å². The molecule has 7 heteroatoms. The number of benzene rings is 1. The van der Waals surface area contributed by atoms with Crippen molar-refractivity contribution >= 4 is 11.9 Å². The fraction of sp³-hybridized carbons (Fsp3) is 0.636. The number of cyclic esters (lactones) is 1. The van der Waals surface area contributed by atoms with E-state index in [0.717, 1.165) is 32.5 Å². The van der Waals surface area contributed by atoms with Crippen LogP contribution in [-0.2, 0) is 9.53 Å². The molecule has 0 radical (unpaired) electrons. The minimum absolute atomic E-state index is 0.105. The van der Waals surface area contributed by atoms with Crippen molar-refractivity contribution in [2.45, 2.75) is 51.2 Å². The highest BCUT2D eigenvalue weighted by molar-refractivity contribution is 5.95. The van der Waals surface area contributed by atoms with E-state index in [2.05, 4.69) is 4.90 Å². The molecular formula is C22H29FN2O4. The molecule has 3 fully saturated rings. The monoisotopic (exact) mass is 404 g/mol. The zero-order valence-corrected chi connectivity index (χ0v) is 16.9. The van der Waals surface area contributed by atoms with Crippen molar-refractivity contribution in [3.8, 4) is 0 Å². The van der Waals surface area contributed by atoms with Crippen LogP contribution >= 0.6 is 0 Å². The molecule has 29 heavy (non-hydrogen) atoms. The van der Waals surface area contributed by atoms with Crippen LogP contribution in [0.5, 0.6) is 0 Å². The minimum Gasteiger partial charge on any atom is -0.461 e. The van der Waals surface area contributed by atoms with Gasteiger partial charge in [-0.15, -0.1) is 0 Å². The van der Waals surface area contributed by atoms with Gasteiger partial charge in [-0.05, 0) is 56.4 Å². The zero-order chi connectivity index (χ0) is 20.6. The molecule has 0 bridgehead atoms. The molecule has 1 atom stereocenters. The van der Waals surface area contributed by atoms with Gasteiger partial charge in [-0.25, -0.2) is 4.39 Å². The lowest BCUT2D eigenvalue weighted by Crippen LogP contribution is -2.45. The quantitative estimate of drug-likeness (QED) is 0.782. The summed E-state index contributed by atoms with van der Waals surface area (Å²) in [4.78, 5) is 29.5. The molecule has 0 saturated carbocycles. The molecular weight excluding hydrogens is 375 g/mol. The second-order valence-electron chi connectivity index (χ2n) is 8.79. The molecule has 0 aliphatic carbocycles. The van der Waals surface area contributed by atoms with Crippen LogP contribution < -0.4 is 0 Å². The second kappa shape index (κ2) is 8.03. The fourth-order valence-corrected chi connectivity index (χ4v) is 4.91. The average Bonchev–Trinajstić information content (AvgIpc) is 2.98. The Morgan fingerprint density at radius 2 is 1.93 bits per heavy atom. The van der Waals surface area contributed by atoms with Gasteiger partial charge in [0.2, 0.25) is 0 Å². The second-order valence-corrected chi connectivity index (χ2v) is 8.79. The predicted octanol–water partition coefficient (Wildman–Crippen LogP) is 2.13. The number of hydrogen-bond donors (Lipinski definition) is 1. The number of aliphatic hydroxyl groups excluding tert-OH is 1. The van der Waals surface area contributed by atoms with Crippen LogP contribution in [0.2, 0.25) is 0 Å². The van der Waals surface area contributed by atoms with E-state index in [0.29, 0.717) is 43.5 Å². The largest absolute Gasteiger partial charge is 0.461 e. The van der Waals surface area contributed by atoms with E-state index in [-0.39, 0.29) is 29.9 Å². The molecule has 3 saturated heterocycles. The molecule has 1 N–H and O–H groups in total. The van der Waals surface area contributed by atoms with Gasteiger partial charge in [0.1, 0.15) is 11.9 Å². The number of carbonyl (C=O) groups excluding carboxylic acids is 2. The molecule has 1 aromatic carbocycles. The number of nitrogens with zero attached hydrogens (tertiary/aromatic N) is 2. The van der Waals surface area contributed by atoms with E-state index < -0.39 is 5.41 Å². The van der Waals surface area contributed by atoms with E-state index in [9.17, 15) is 19.1 Å². The van der Waals surface area contributed by atoms with Gasteiger partial charge < -0.3 is 14.7 Å². The summed E-state index contributed by atoms with van der Waals surface area (Å²) in [5.74, 6) is -0.587. The molecule has 6 nitrogen and oxygen atoms in total. The maximum Gasteiger partial charge on any atom is 0.312 e. The Labute approximate surface area is 170 Å². The SMILES string of the molecule is Cc1cc(F)ccc1C(=O)N1CCC2(CC1)CC(CN1CCC(O)CC1)OC2=O. The number of likely N-dealkylation sites (tertiary alicyclic amines) is 2. The molecule has 1 unspecified atom stereocenters. The van der Waals surface area contributed by atoms with Crippen molar-refractivity contribution in [1.82, 2.24) is 9.80 Å². The maximum atomic E-state index is 13.3. The molecule has 0 aromatic heterocycles. The van der Waals surface area contributed by atoms with Crippen LogP contribution in [0.15, 0.2) is 18.2 Å². The number of hydrogen-bond acceptors (Lipinski definition) is 5. The number of halogens is 1. The number of piperidine rings is 2. The van der Waals surface area contributed by atoms with Gasteiger partial charge in [-0.1, -0.05) is 0 Å². The third-order valence-corrected chi connectivity index (χ3v) is 6.77. The first-order chi connectivity index (χ1) is 13.9. The van der Waals surface area contributed by atoms with E-state index in [1.807, 2.05) is 0 Å². The minimum atomic E-state index is -0.491. The van der Waals surface area contributed by atoms with Crippen molar-refractivity contribution in [3.63, 3.8) is 0 Å².